The first-order valence-electron chi connectivity index (χ1n) is 16.8. The highest BCUT2D eigenvalue weighted by molar-refractivity contribution is 7.90. The molecule has 3 aliphatic rings. The van der Waals surface area contributed by atoms with Gasteiger partial charge in [0.15, 0.2) is 17.5 Å². The van der Waals surface area contributed by atoms with Crippen molar-refractivity contribution in [2.24, 2.45) is 17.8 Å². The van der Waals surface area contributed by atoms with Crippen LogP contribution >= 0.6 is 0 Å². The van der Waals surface area contributed by atoms with Gasteiger partial charge in [-0.05, 0) is 85.0 Å². The molecule has 0 radical (unpaired) electrons. The summed E-state index contributed by atoms with van der Waals surface area (Å²) in [4.78, 5) is 16.8. The van der Waals surface area contributed by atoms with Crippen molar-refractivity contribution in [3.05, 3.63) is 114 Å². The second-order valence-corrected chi connectivity index (χ2v) is 15.4. The number of rotatable bonds is 7. The predicted octanol–water partition coefficient (Wildman–Crippen LogP) is 8.77. The van der Waals surface area contributed by atoms with E-state index in [1.807, 2.05) is 24.3 Å². The Bertz CT molecular complexity index is 2540. The van der Waals surface area contributed by atoms with Crippen LogP contribution in [0, 0.1) is 53.5 Å². The first-order chi connectivity index (χ1) is 24.6. The minimum atomic E-state index is -4.45. The molecule has 2 bridgehead atoms. The summed E-state index contributed by atoms with van der Waals surface area (Å²) in [5.74, 6) is -3.35. The van der Waals surface area contributed by atoms with Crippen LogP contribution in [0.15, 0.2) is 90.0 Å². The number of aryl methyl sites for hydroxylation is 1. The summed E-state index contributed by atoms with van der Waals surface area (Å²) >= 11 is 0. The van der Waals surface area contributed by atoms with Crippen LogP contribution in [0.3, 0.4) is 0 Å². The summed E-state index contributed by atoms with van der Waals surface area (Å²) < 4.78 is 76.5. The molecule has 2 unspecified atom stereocenters. The quantitative estimate of drug-likeness (QED) is 0.167. The van der Waals surface area contributed by atoms with Crippen molar-refractivity contribution in [3.8, 4) is 28.5 Å². The number of halogens is 3. The molecule has 3 aliphatic carbocycles. The summed E-state index contributed by atoms with van der Waals surface area (Å²) in [6.07, 6.45) is 5.53. The molecule has 7 nitrogen and oxygen atoms in total. The molecule has 11 heteroatoms. The van der Waals surface area contributed by atoms with Crippen molar-refractivity contribution >= 4 is 43.8 Å². The SMILES string of the molecule is Cc1ccc(S(=O)(=O)n2cc(-c3nc(NC4C5CCC(CC5)C4C=O)c(F)c(-c4ccc5ccccc5c4)c3C#N)c3cc(F)cc(F)c32)cc1. The number of hydrogen-bond acceptors (Lipinski definition) is 6. The molecule has 1 N–H and O–H groups in total. The lowest BCUT2D eigenvalue weighted by atomic mass is 9.62. The zero-order valence-corrected chi connectivity index (χ0v) is 28.2. The lowest BCUT2D eigenvalue weighted by Gasteiger charge is -2.47. The van der Waals surface area contributed by atoms with E-state index in [1.165, 1.54) is 12.1 Å². The molecule has 0 amide bonds. The Hall–Kier alpha value is -5.47. The number of benzene rings is 4. The van der Waals surface area contributed by atoms with Crippen LogP contribution in [0.4, 0.5) is 19.0 Å². The number of pyridine rings is 1. The van der Waals surface area contributed by atoms with Crippen LogP contribution < -0.4 is 5.32 Å². The van der Waals surface area contributed by atoms with Gasteiger partial charge in [0.1, 0.15) is 23.7 Å². The minimum Gasteiger partial charge on any atom is -0.364 e. The topological polar surface area (TPSA) is 105 Å². The van der Waals surface area contributed by atoms with E-state index < -0.39 is 39.0 Å². The summed E-state index contributed by atoms with van der Waals surface area (Å²) in [5.41, 5.74) is 0.0901. The Labute approximate surface area is 292 Å². The Morgan fingerprint density at radius 2 is 1.63 bits per heavy atom. The van der Waals surface area contributed by atoms with E-state index >= 15 is 8.78 Å². The lowest BCUT2D eigenvalue weighted by Crippen LogP contribution is -2.49. The number of carbonyl (C=O) groups is 1. The standard InChI is InChI=1S/C40H31F3N4O3S/c1-22-6-14-29(15-7-22)51(49,50)47-20-32(30-17-28(41)18-34(42)39(30)47)38-31(19-44)35(27-13-8-23-4-2-3-5-26(23)16-27)36(43)40(46-38)45-37-25-11-9-24(10-12-25)33(37)21-48/h2-8,13-18,20-21,24-25,33,37H,9-12H2,1H3,(H,45,46). The molecule has 6 aromatic rings. The highest BCUT2D eigenvalue weighted by Crippen LogP contribution is 2.47. The molecule has 0 aliphatic heterocycles. The number of nitrogens with zero attached hydrogens (tertiary/aromatic N) is 3. The largest absolute Gasteiger partial charge is 0.364 e. The normalized spacial score (nSPS) is 20.1. The second-order valence-electron chi connectivity index (χ2n) is 13.5. The molecule has 4 aromatic carbocycles. The molecular formula is C40H31F3N4O3S. The molecule has 51 heavy (non-hydrogen) atoms. The molecule has 2 heterocycles. The van der Waals surface area contributed by atoms with E-state index in [9.17, 15) is 22.9 Å². The zero-order chi connectivity index (χ0) is 35.6. The van der Waals surface area contributed by atoms with Crippen molar-refractivity contribution in [1.82, 2.24) is 8.96 Å². The molecule has 3 fully saturated rings. The van der Waals surface area contributed by atoms with Gasteiger partial charge in [-0.15, -0.1) is 0 Å². The van der Waals surface area contributed by atoms with E-state index in [-0.39, 0.29) is 56.2 Å². The van der Waals surface area contributed by atoms with Gasteiger partial charge in [0.05, 0.1) is 16.2 Å². The minimum absolute atomic E-state index is 0.0827. The number of nitriles is 1. The van der Waals surface area contributed by atoms with Crippen LogP contribution in [0.25, 0.3) is 44.1 Å². The molecule has 0 saturated heterocycles. The Morgan fingerprint density at radius 3 is 2.33 bits per heavy atom. The number of nitrogens with one attached hydrogen (secondary N) is 1. The van der Waals surface area contributed by atoms with E-state index in [2.05, 4.69) is 16.4 Å². The van der Waals surface area contributed by atoms with Gasteiger partial charge in [-0.25, -0.2) is 30.5 Å². The molecule has 256 valence electrons. The van der Waals surface area contributed by atoms with Crippen molar-refractivity contribution in [2.45, 2.75) is 43.5 Å². The smallest absolute Gasteiger partial charge is 0.268 e. The van der Waals surface area contributed by atoms with Gasteiger partial charge < -0.3 is 10.1 Å². The van der Waals surface area contributed by atoms with Gasteiger partial charge >= 0.3 is 0 Å². The first-order valence-corrected chi connectivity index (χ1v) is 18.2. The maximum atomic E-state index is 17.0. The first kappa shape index (κ1) is 32.7. The van der Waals surface area contributed by atoms with Gasteiger partial charge in [-0.3, -0.25) is 0 Å². The van der Waals surface area contributed by atoms with E-state index in [4.69, 9.17) is 0 Å². The number of carbonyl (C=O) groups excluding carboxylic acids is 1. The van der Waals surface area contributed by atoms with Crippen LogP contribution in [0.1, 0.15) is 36.8 Å². The molecule has 0 spiro atoms. The van der Waals surface area contributed by atoms with Gasteiger partial charge in [-0.2, -0.15) is 5.26 Å². The third-order valence-corrected chi connectivity index (χ3v) is 12.3. The fourth-order valence-electron chi connectivity index (χ4n) is 8.09. The average molecular weight is 705 g/mol. The van der Waals surface area contributed by atoms with Crippen LogP contribution in [-0.2, 0) is 14.8 Å². The maximum Gasteiger partial charge on any atom is 0.268 e. The third kappa shape index (κ3) is 5.36. The van der Waals surface area contributed by atoms with Crippen LogP contribution in [0.2, 0.25) is 0 Å². The van der Waals surface area contributed by atoms with Crippen molar-refractivity contribution in [2.75, 3.05) is 5.32 Å². The third-order valence-electron chi connectivity index (χ3n) is 10.6. The summed E-state index contributed by atoms with van der Waals surface area (Å²) in [5, 5.41) is 15.4. The summed E-state index contributed by atoms with van der Waals surface area (Å²) in [6.45, 7) is 1.79. The lowest BCUT2D eigenvalue weighted by molar-refractivity contribution is -0.116. The van der Waals surface area contributed by atoms with Crippen LogP contribution in [0.5, 0.6) is 0 Å². The Kier molecular flexibility index (Phi) is 7.95. The summed E-state index contributed by atoms with van der Waals surface area (Å²) in [7, 11) is -4.45. The number of hydrogen-bond donors (Lipinski definition) is 1. The van der Waals surface area contributed by atoms with E-state index in [0.29, 0.717) is 15.6 Å². The van der Waals surface area contributed by atoms with Crippen LogP contribution in [-0.4, -0.2) is 29.7 Å². The number of fused-ring (bicyclic) bond motifs is 5. The molecule has 9 rings (SSSR count). The van der Waals surface area contributed by atoms with Gasteiger partial charge in [0.2, 0.25) is 0 Å². The fourth-order valence-corrected chi connectivity index (χ4v) is 9.47. The van der Waals surface area contributed by atoms with Gasteiger partial charge in [0, 0.05) is 40.7 Å². The monoisotopic (exact) mass is 704 g/mol. The number of anilines is 1. The molecular weight excluding hydrogens is 674 g/mol. The molecule has 3 saturated carbocycles. The molecule has 2 aromatic heterocycles. The Balaban J connectivity index is 1.41. The van der Waals surface area contributed by atoms with Crippen molar-refractivity contribution in [1.29, 1.82) is 5.26 Å². The number of aromatic nitrogens is 2. The van der Waals surface area contributed by atoms with Gasteiger partial charge in [-0.1, -0.05) is 54.1 Å². The highest BCUT2D eigenvalue weighted by atomic mass is 32.2. The number of aldehydes is 1. The van der Waals surface area contributed by atoms with Crippen molar-refractivity contribution in [3.63, 3.8) is 0 Å². The summed E-state index contributed by atoms with van der Waals surface area (Å²) in [6, 6.07) is 21.9. The predicted molar refractivity (Wildman–Crippen MR) is 189 cm³/mol. The zero-order valence-electron chi connectivity index (χ0n) is 27.4. The fraction of sp³-hybridized carbons (Fsp3) is 0.225. The van der Waals surface area contributed by atoms with E-state index in [0.717, 1.165) is 60.6 Å². The maximum absolute atomic E-state index is 17.0. The highest BCUT2D eigenvalue weighted by Gasteiger charge is 2.44. The van der Waals surface area contributed by atoms with Crippen molar-refractivity contribution < 1.29 is 26.4 Å². The van der Waals surface area contributed by atoms with E-state index in [1.54, 1.807) is 37.3 Å². The molecule has 2 atom stereocenters. The Morgan fingerprint density at radius 1 is 0.922 bits per heavy atom. The van der Waals surface area contributed by atoms with Gasteiger partial charge in [0.25, 0.3) is 10.0 Å². The second kappa shape index (κ2) is 12.4. The average Bonchev–Trinajstić information content (AvgIpc) is 3.53.